The molecule has 136 valence electrons. The highest BCUT2D eigenvalue weighted by molar-refractivity contribution is 5.91. The van der Waals surface area contributed by atoms with E-state index in [1.54, 1.807) is 19.4 Å². The second kappa shape index (κ2) is 7.77. The molecule has 2 heterocycles. The van der Waals surface area contributed by atoms with Gasteiger partial charge in [0.15, 0.2) is 23.9 Å². The van der Waals surface area contributed by atoms with Gasteiger partial charge in [-0.2, -0.15) is 9.49 Å². The monoisotopic (exact) mass is 362 g/mol. The number of nitrogens with one attached hydrogen (secondary N) is 1. The fraction of sp³-hybridized carbons (Fsp3) is 0.235. The third-order valence-corrected chi connectivity index (χ3v) is 3.68. The van der Waals surface area contributed by atoms with Crippen LogP contribution in [0.4, 0.5) is 8.78 Å². The molecule has 2 aromatic heterocycles. The first-order valence-corrected chi connectivity index (χ1v) is 7.79. The summed E-state index contributed by atoms with van der Waals surface area (Å²) in [4.78, 5) is 17.8. The maximum Gasteiger partial charge on any atom is 0.275 e. The summed E-state index contributed by atoms with van der Waals surface area (Å²) in [5.74, 6) is -2.59. The largest absolute Gasteiger partial charge is 0.481 e. The van der Waals surface area contributed by atoms with Crippen molar-refractivity contribution in [1.82, 2.24) is 20.1 Å². The zero-order valence-electron chi connectivity index (χ0n) is 13.9. The Balaban J connectivity index is 1.56. The lowest BCUT2D eigenvalue weighted by Gasteiger charge is -2.14. The highest BCUT2D eigenvalue weighted by atomic mass is 19.2. The Hall–Kier alpha value is -3.23. The summed E-state index contributed by atoms with van der Waals surface area (Å²) in [5.41, 5.74) is 1.09. The summed E-state index contributed by atoms with van der Waals surface area (Å²) in [7, 11) is 1.65. The van der Waals surface area contributed by atoms with Crippen LogP contribution in [0.3, 0.4) is 0 Å². The summed E-state index contributed by atoms with van der Waals surface area (Å²) >= 11 is 0. The number of likely N-dealkylation sites (N-methyl/N-ethyl adjacent to an activating group) is 1. The van der Waals surface area contributed by atoms with E-state index in [0.29, 0.717) is 13.0 Å². The predicted molar refractivity (Wildman–Crippen MR) is 86.4 cm³/mol. The van der Waals surface area contributed by atoms with Gasteiger partial charge in [-0.15, -0.1) is 0 Å². The molecule has 0 aliphatic rings. The van der Waals surface area contributed by atoms with E-state index in [9.17, 15) is 13.6 Å². The van der Waals surface area contributed by atoms with Crippen molar-refractivity contribution in [3.8, 4) is 5.75 Å². The van der Waals surface area contributed by atoms with Crippen molar-refractivity contribution in [3.63, 3.8) is 0 Å². The van der Waals surface area contributed by atoms with E-state index in [1.807, 2.05) is 0 Å². The third-order valence-electron chi connectivity index (χ3n) is 3.68. The molecular formula is C17H16F2N4O3. The minimum atomic E-state index is -1.09. The lowest BCUT2D eigenvalue weighted by molar-refractivity contribution is 0.0790. The number of benzene rings is 1. The fourth-order valence-electron chi connectivity index (χ4n) is 2.22. The number of oxazole rings is 1. The molecule has 0 bridgehead atoms. The van der Waals surface area contributed by atoms with Gasteiger partial charge in [-0.3, -0.25) is 9.89 Å². The molecule has 9 heteroatoms. The van der Waals surface area contributed by atoms with Gasteiger partial charge < -0.3 is 14.1 Å². The average molecular weight is 362 g/mol. The molecule has 0 radical (unpaired) electrons. The summed E-state index contributed by atoms with van der Waals surface area (Å²) in [6.45, 7) is 0.248. The first kappa shape index (κ1) is 17.6. The van der Waals surface area contributed by atoms with Crippen LogP contribution >= 0.6 is 0 Å². The molecule has 7 nitrogen and oxygen atoms in total. The number of nitrogens with zero attached hydrogens (tertiary/aromatic N) is 3. The average Bonchev–Trinajstić information content (AvgIpc) is 3.32. The highest BCUT2D eigenvalue weighted by Gasteiger charge is 2.17. The number of carbonyl (C=O) groups excluding carboxylic acids is 1. The van der Waals surface area contributed by atoms with Gasteiger partial charge in [0, 0.05) is 19.8 Å². The number of hydrogen-bond donors (Lipinski definition) is 1. The molecule has 0 spiro atoms. The number of aromatic nitrogens is 3. The Labute approximate surface area is 147 Å². The Bertz CT molecular complexity index is 880. The molecule has 3 aromatic rings. The zero-order valence-corrected chi connectivity index (χ0v) is 13.9. The smallest absolute Gasteiger partial charge is 0.275 e. The van der Waals surface area contributed by atoms with Crippen LogP contribution in [-0.2, 0) is 13.0 Å². The quantitative estimate of drug-likeness (QED) is 0.698. The van der Waals surface area contributed by atoms with E-state index in [4.69, 9.17) is 9.15 Å². The molecule has 0 atom stereocenters. The Morgan fingerprint density at radius 2 is 2.23 bits per heavy atom. The third kappa shape index (κ3) is 4.05. The minimum Gasteiger partial charge on any atom is -0.481 e. The van der Waals surface area contributed by atoms with E-state index in [0.717, 1.165) is 11.6 Å². The molecule has 0 saturated heterocycles. The van der Waals surface area contributed by atoms with Crippen LogP contribution in [0.5, 0.6) is 5.75 Å². The molecule has 0 aliphatic carbocycles. The van der Waals surface area contributed by atoms with Crippen LogP contribution in [0.15, 0.2) is 41.3 Å². The number of amides is 1. The van der Waals surface area contributed by atoms with Crippen molar-refractivity contribution >= 4 is 5.91 Å². The minimum absolute atomic E-state index is 0.0836. The van der Waals surface area contributed by atoms with Gasteiger partial charge in [0.1, 0.15) is 6.26 Å². The number of rotatable bonds is 7. The summed E-state index contributed by atoms with van der Waals surface area (Å²) in [5, 5.41) is 6.55. The molecule has 0 saturated carbocycles. The van der Waals surface area contributed by atoms with Crippen LogP contribution in [-0.4, -0.2) is 39.6 Å². The van der Waals surface area contributed by atoms with Crippen molar-refractivity contribution in [2.75, 3.05) is 13.6 Å². The van der Waals surface area contributed by atoms with Gasteiger partial charge >= 0.3 is 0 Å². The second-order valence-corrected chi connectivity index (χ2v) is 5.55. The molecular weight excluding hydrogens is 346 g/mol. The lowest BCUT2D eigenvalue weighted by Crippen LogP contribution is -2.29. The topological polar surface area (TPSA) is 84.2 Å². The molecule has 0 unspecified atom stereocenters. The summed E-state index contributed by atoms with van der Waals surface area (Å²) < 4.78 is 37.0. The number of H-pyrrole nitrogens is 1. The standard InChI is InChI=1S/C17H16F2N4O3/c1-23(6-5-11-7-20-21-8-11)17(24)13-9-26-15(22-13)10-25-14-4-2-3-12(18)16(14)19/h2-4,7-9H,5-6,10H2,1H3,(H,20,21). The first-order valence-electron chi connectivity index (χ1n) is 7.79. The summed E-state index contributed by atoms with van der Waals surface area (Å²) in [6.07, 6.45) is 5.30. The number of ether oxygens (including phenoxy) is 1. The molecule has 1 amide bonds. The Kier molecular flexibility index (Phi) is 5.26. The van der Waals surface area contributed by atoms with E-state index in [2.05, 4.69) is 15.2 Å². The normalized spacial score (nSPS) is 10.7. The molecule has 26 heavy (non-hydrogen) atoms. The number of hydrogen-bond acceptors (Lipinski definition) is 5. The van der Waals surface area contributed by atoms with E-state index in [-0.39, 0.29) is 29.8 Å². The molecule has 3 rings (SSSR count). The van der Waals surface area contributed by atoms with Crippen LogP contribution in [0.25, 0.3) is 0 Å². The van der Waals surface area contributed by atoms with Gasteiger partial charge in [-0.05, 0) is 24.1 Å². The zero-order chi connectivity index (χ0) is 18.5. The van der Waals surface area contributed by atoms with Gasteiger partial charge in [-0.25, -0.2) is 9.37 Å². The van der Waals surface area contributed by atoms with E-state index < -0.39 is 11.6 Å². The van der Waals surface area contributed by atoms with Crippen molar-refractivity contribution < 1.29 is 22.7 Å². The van der Waals surface area contributed by atoms with Crippen molar-refractivity contribution in [2.24, 2.45) is 0 Å². The Morgan fingerprint density at radius 3 is 3.00 bits per heavy atom. The number of halogens is 2. The van der Waals surface area contributed by atoms with Gasteiger partial charge in [0.2, 0.25) is 11.7 Å². The molecule has 0 fully saturated rings. The second-order valence-electron chi connectivity index (χ2n) is 5.55. The lowest BCUT2D eigenvalue weighted by atomic mass is 10.2. The van der Waals surface area contributed by atoms with Crippen LogP contribution < -0.4 is 4.74 Å². The van der Waals surface area contributed by atoms with Crippen molar-refractivity contribution in [3.05, 3.63) is 65.6 Å². The van der Waals surface area contributed by atoms with Crippen LogP contribution in [0, 0.1) is 11.6 Å². The van der Waals surface area contributed by atoms with E-state index >= 15 is 0 Å². The van der Waals surface area contributed by atoms with Crippen molar-refractivity contribution in [1.29, 1.82) is 0 Å². The maximum absolute atomic E-state index is 13.5. The summed E-state index contributed by atoms with van der Waals surface area (Å²) in [6, 6.07) is 3.60. The van der Waals surface area contributed by atoms with Gasteiger partial charge in [-0.1, -0.05) is 6.07 Å². The van der Waals surface area contributed by atoms with E-state index in [1.165, 1.54) is 23.3 Å². The van der Waals surface area contributed by atoms with Gasteiger partial charge in [0.05, 0.1) is 6.20 Å². The number of aromatic amines is 1. The first-order chi connectivity index (χ1) is 12.5. The SMILES string of the molecule is CN(CCc1cn[nH]c1)C(=O)c1coc(COc2cccc(F)c2F)n1. The highest BCUT2D eigenvalue weighted by Crippen LogP contribution is 2.20. The molecule has 1 N–H and O–H groups in total. The molecule has 0 aliphatic heterocycles. The van der Waals surface area contributed by atoms with Crippen molar-refractivity contribution in [2.45, 2.75) is 13.0 Å². The Morgan fingerprint density at radius 1 is 1.38 bits per heavy atom. The fourth-order valence-corrected chi connectivity index (χ4v) is 2.22. The maximum atomic E-state index is 13.5. The van der Waals surface area contributed by atoms with Gasteiger partial charge in [0.25, 0.3) is 5.91 Å². The van der Waals surface area contributed by atoms with Crippen LogP contribution in [0.1, 0.15) is 21.9 Å². The molecule has 1 aromatic carbocycles. The predicted octanol–water partition coefficient (Wildman–Crippen LogP) is 2.57. The van der Waals surface area contributed by atoms with Crippen LogP contribution in [0.2, 0.25) is 0 Å². The number of carbonyl (C=O) groups is 1.